The van der Waals surface area contributed by atoms with Crippen LogP contribution in [-0.2, 0) is 29.0 Å². The van der Waals surface area contributed by atoms with E-state index in [4.69, 9.17) is 14.3 Å². The summed E-state index contributed by atoms with van der Waals surface area (Å²) in [7, 11) is 1.88. The first-order chi connectivity index (χ1) is 21.4. The molecule has 9 heteroatoms. The molecule has 0 unspecified atom stereocenters. The van der Waals surface area contributed by atoms with Crippen molar-refractivity contribution in [2.24, 2.45) is 0 Å². The first-order valence-electron chi connectivity index (χ1n) is 14.1. The highest BCUT2D eigenvalue weighted by Crippen LogP contribution is 2.23. The van der Waals surface area contributed by atoms with Gasteiger partial charge in [-0.25, -0.2) is 4.39 Å². The minimum absolute atomic E-state index is 0.0816. The monoisotopic (exact) mass is 602 g/mol. The average Bonchev–Trinajstić information content (AvgIpc) is 3.57. The summed E-state index contributed by atoms with van der Waals surface area (Å²) in [6, 6.07) is 22.4. The number of allylic oxidation sites excluding steroid dienone is 1. The van der Waals surface area contributed by atoms with Gasteiger partial charge in [0, 0.05) is 30.7 Å². The molecule has 0 saturated carbocycles. The van der Waals surface area contributed by atoms with Gasteiger partial charge in [0.2, 0.25) is 0 Å². The third-order valence-corrected chi connectivity index (χ3v) is 6.31. The first-order valence-corrected chi connectivity index (χ1v) is 14.1. The Morgan fingerprint density at radius 1 is 0.977 bits per heavy atom. The molecule has 234 valence electrons. The summed E-state index contributed by atoms with van der Waals surface area (Å²) in [5.41, 5.74) is 6.00. The molecule has 4 rings (SSSR count). The van der Waals surface area contributed by atoms with Gasteiger partial charge in [0.25, 0.3) is 5.91 Å². The van der Waals surface area contributed by atoms with E-state index in [1.165, 1.54) is 12.1 Å². The summed E-state index contributed by atoms with van der Waals surface area (Å²) in [6.07, 6.45) is 6.27. The van der Waals surface area contributed by atoms with E-state index < -0.39 is 0 Å². The second kappa shape index (κ2) is 21.6. The smallest absolute Gasteiger partial charge is 0.251 e. The summed E-state index contributed by atoms with van der Waals surface area (Å²) in [6.45, 7) is 13.5. The Hall–Kier alpha value is -5.05. The van der Waals surface area contributed by atoms with Crippen LogP contribution in [0.5, 0.6) is 5.75 Å². The Morgan fingerprint density at radius 2 is 1.73 bits per heavy atom. The maximum Gasteiger partial charge on any atom is 0.251 e. The highest BCUT2D eigenvalue weighted by Gasteiger charge is 2.09. The predicted molar refractivity (Wildman–Crippen MR) is 173 cm³/mol. The molecule has 0 aliphatic heterocycles. The SMILES string of the molecule is C=C(CCc1ccc(Cn2cccn2)cc1OCCNC(=O)c1cccc(CC)c1)NC.C=O.C=O.Cc1cccc(F)c1. The van der Waals surface area contributed by atoms with Crippen LogP contribution in [0.3, 0.4) is 0 Å². The Balaban J connectivity index is 0.000000683. The van der Waals surface area contributed by atoms with Gasteiger partial charge >= 0.3 is 0 Å². The molecule has 1 aromatic heterocycles. The Morgan fingerprint density at radius 3 is 2.34 bits per heavy atom. The van der Waals surface area contributed by atoms with Crippen molar-refractivity contribution in [3.8, 4) is 5.75 Å². The standard InChI is InChI=1S/C26H32N4O2.C7H7F.2CH2O/c1-4-21-7-5-8-24(17-21)26(31)28-14-16-32-25-18-22(19-30-15-6-13-29-30)10-12-23(25)11-9-20(2)27-3;1-6-3-2-4-7(8)5-6;2*1-2/h5-8,10,12-13,15,17-18,27H,2,4,9,11,14,16,19H2,1,3H3,(H,28,31);2-5H,1H3;2*1H2. The van der Waals surface area contributed by atoms with Crippen LogP contribution in [0.1, 0.15) is 46.0 Å². The molecule has 1 heterocycles. The number of ether oxygens (including phenoxy) is 1. The highest BCUT2D eigenvalue weighted by atomic mass is 19.1. The summed E-state index contributed by atoms with van der Waals surface area (Å²) in [5.74, 6) is 0.590. The fraction of sp³-hybridized carbons (Fsp3) is 0.257. The van der Waals surface area contributed by atoms with Crippen molar-refractivity contribution in [3.63, 3.8) is 0 Å². The number of benzene rings is 3. The minimum atomic E-state index is -0.162. The molecule has 0 spiro atoms. The lowest BCUT2D eigenvalue weighted by Gasteiger charge is -2.15. The van der Waals surface area contributed by atoms with Crippen LogP contribution < -0.4 is 15.4 Å². The number of nitrogens with one attached hydrogen (secondary N) is 2. The van der Waals surface area contributed by atoms with E-state index in [1.54, 1.807) is 12.3 Å². The van der Waals surface area contributed by atoms with Crippen molar-refractivity contribution in [2.75, 3.05) is 20.2 Å². The summed E-state index contributed by atoms with van der Waals surface area (Å²) in [5, 5.41) is 10.3. The van der Waals surface area contributed by atoms with E-state index >= 15 is 0 Å². The number of carbonyl (C=O) groups is 3. The first kappa shape index (κ1) is 37.0. The molecular weight excluding hydrogens is 559 g/mol. The Bertz CT molecular complexity index is 1390. The van der Waals surface area contributed by atoms with E-state index in [0.29, 0.717) is 25.3 Å². The summed E-state index contributed by atoms with van der Waals surface area (Å²) >= 11 is 0. The van der Waals surface area contributed by atoms with E-state index in [9.17, 15) is 9.18 Å². The highest BCUT2D eigenvalue weighted by molar-refractivity contribution is 5.94. The molecule has 4 aromatic rings. The zero-order chi connectivity index (χ0) is 32.7. The van der Waals surface area contributed by atoms with E-state index in [1.807, 2.05) is 74.8 Å². The fourth-order valence-corrected chi connectivity index (χ4v) is 4.00. The number of halogens is 1. The molecule has 0 radical (unpaired) electrons. The maximum atomic E-state index is 12.4. The van der Waals surface area contributed by atoms with Crippen molar-refractivity contribution >= 4 is 19.5 Å². The normalized spacial score (nSPS) is 9.55. The molecule has 8 nitrogen and oxygen atoms in total. The number of amides is 1. The molecular formula is C35H43FN4O4. The molecule has 3 aromatic carbocycles. The second-order valence-electron chi connectivity index (χ2n) is 9.46. The number of nitrogens with zero attached hydrogens (tertiary/aromatic N) is 2. The van der Waals surface area contributed by atoms with Gasteiger partial charge in [-0.05, 0) is 84.8 Å². The lowest BCUT2D eigenvalue weighted by molar-refractivity contribution is -0.0987. The van der Waals surface area contributed by atoms with Crippen molar-refractivity contribution < 1.29 is 23.5 Å². The third kappa shape index (κ3) is 13.7. The predicted octanol–water partition coefficient (Wildman–Crippen LogP) is 5.73. The van der Waals surface area contributed by atoms with Gasteiger partial charge in [-0.3, -0.25) is 9.48 Å². The van der Waals surface area contributed by atoms with Crippen LogP contribution in [-0.4, -0.2) is 49.5 Å². The van der Waals surface area contributed by atoms with Crippen molar-refractivity contribution in [1.29, 1.82) is 0 Å². The van der Waals surface area contributed by atoms with Gasteiger partial charge in [-0.15, -0.1) is 0 Å². The summed E-state index contributed by atoms with van der Waals surface area (Å²) < 4.78 is 20.1. The van der Waals surface area contributed by atoms with Crippen molar-refractivity contribution in [1.82, 2.24) is 20.4 Å². The molecule has 1 amide bonds. The van der Waals surface area contributed by atoms with Gasteiger partial charge < -0.3 is 25.0 Å². The maximum absolute atomic E-state index is 12.4. The number of aryl methyl sites for hydroxylation is 3. The van der Waals surface area contributed by atoms with Gasteiger partial charge in [0.1, 0.15) is 31.8 Å². The average molecular weight is 603 g/mol. The molecule has 2 N–H and O–H groups in total. The largest absolute Gasteiger partial charge is 0.491 e. The lowest BCUT2D eigenvalue weighted by atomic mass is 10.0. The molecule has 0 bridgehead atoms. The minimum Gasteiger partial charge on any atom is -0.491 e. The van der Waals surface area contributed by atoms with Crippen molar-refractivity contribution in [3.05, 3.63) is 131 Å². The lowest BCUT2D eigenvalue weighted by Crippen LogP contribution is -2.28. The van der Waals surface area contributed by atoms with E-state index in [0.717, 1.165) is 53.0 Å². The van der Waals surface area contributed by atoms with Crippen molar-refractivity contribution in [2.45, 2.75) is 39.7 Å². The van der Waals surface area contributed by atoms with Crippen LogP contribution in [0.4, 0.5) is 4.39 Å². The topological polar surface area (TPSA) is 102 Å². The zero-order valence-corrected chi connectivity index (χ0v) is 25.9. The van der Waals surface area contributed by atoms with E-state index in [-0.39, 0.29) is 11.7 Å². The Kier molecular flexibility index (Phi) is 18.2. The molecule has 0 fully saturated rings. The molecule has 0 aliphatic carbocycles. The van der Waals surface area contributed by atoms with Gasteiger partial charge in [0.05, 0.1) is 13.1 Å². The molecule has 0 aliphatic rings. The molecule has 0 atom stereocenters. The van der Waals surface area contributed by atoms with Crippen LogP contribution in [0.2, 0.25) is 0 Å². The van der Waals surface area contributed by atoms with Gasteiger partial charge in [-0.1, -0.05) is 49.9 Å². The quantitative estimate of drug-likeness (QED) is 0.201. The molecule has 0 saturated heterocycles. The number of hydrogen-bond donors (Lipinski definition) is 2. The van der Waals surface area contributed by atoms with Gasteiger partial charge in [-0.2, -0.15) is 5.10 Å². The number of carbonyl (C=O) groups excluding carboxylic acids is 3. The Labute approximate surface area is 260 Å². The van der Waals surface area contributed by atoms with Crippen LogP contribution in [0, 0.1) is 12.7 Å². The molecule has 44 heavy (non-hydrogen) atoms. The van der Waals surface area contributed by atoms with Crippen LogP contribution in [0.25, 0.3) is 0 Å². The second-order valence-corrected chi connectivity index (χ2v) is 9.46. The van der Waals surface area contributed by atoms with Crippen LogP contribution >= 0.6 is 0 Å². The fourth-order valence-electron chi connectivity index (χ4n) is 4.00. The number of rotatable bonds is 12. The van der Waals surface area contributed by atoms with Gasteiger partial charge in [0.15, 0.2) is 0 Å². The van der Waals surface area contributed by atoms with Crippen LogP contribution in [0.15, 0.2) is 97.5 Å². The number of hydrogen-bond acceptors (Lipinski definition) is 6. The van der Waals surface area contributed by atoms with E-state index in [2.05, 4.69) is 47.4 Å². The third-order valence-electron chi connectivity index (χ3n) is 6.31. The summed E-state index contributed by atoms with van der Waals surface area (Å²) in [4.78, 5) is 28.4. The zero-order valence-electron chi connectivity index (χ0n) is 25.9. The number of aromatic nitrogens is 2.